The Kier molecular flexibility index (Phi) is 5.72. The zero-order valence-electron chi connectivity index (χ0n) is 17.8. The van der Waals surface area contributed by atoms with Crippen LogP contribution in [-0.2, 0) is 32.0 Å². The number of nitrogens with zero attached hydrogens (tertiary/aromatic N) is 6. The second-order valence-electron chi connectivity index (χ2n) is 7.94. The summed E-state index contributed by atoms with van der Waals surface area (Å²) in [5, 5.41) is 0.713. The minimum atomic E-state index is -0.441. The van der Waals surface area contributed by atoms with E-state index in [4.69, 9.17) is 11.6 Å². The second-order valence-corrected chi connectivity index (χ2v) is 8.37. The average molecular weight is 445 g/mol. The van der Waals surface area contributed by atoms with Crippen molar-refractivity contribution < 1.29 is 4.79 Å². The van der Waals surface area contributed by atoms with Crippen molar-refractivity contribution in [1.29, 1.82) is 0 Å². The standard InChI is InChI=1S/C21H25ClN6O3/c1-14(29)12-28-17(23-19-18(28)20(30)25(3)21(31)24(19)2)13-26-7-9-27(10-8-26)16-6-4-5-15(22)11-16/h4-6,11H,7-10,12-13H2,1-3H3. The molecule has 3 aromatic rings. The molecule has 9 nitrogen and oxygen atoms in total. The summed E-state index contributed by atoms with van der Waals surface area (Å²) in [6.45, 7) is 5.26. The lowest BCUT2D eigenvalue weighted by molar-refractivity contribution is -0.117. The van der Waals surface area contributed by atoms with E-state index in [1.165, 1.54) is 18.5 Å². The highest BCUT2D eigenvalue weighted by atomic mass is 35.5. The minimum absolute atomic E-state index is 0.0434. The molecule has 164 valence electrons. The Balaban J connectivity index is 1.62. The third kappa shape index (κ3) is 4.03. The number of imidazole rings is 1. The van der Waals surface area contributed by atoms with Crippen molar-refractivity contribution in [2.24, 2.45) is 14.1 Å². The van der Waals surface area contributed by atoms with Crippen LogP contribution in [0.3, 0.4) is 0 Å². The Hall–Kier alpha value is -2.91. The molecule has 0 unspecified atom stereocenters. The zero-order valence-corrected chi connectivity index (χ0v) is 18.6. The number of anilines is 1. The number of piperazine rings is 1. The van der Waals surface area contributed by atoms with Gasteiger partial charge >= 0.3 is 5.69 Å². The fraction of sp³-hybridized carbons (Fsp3) is 0.429. The van der Waals surface area contributed by atoms with E-state index in [2.05, 4.69) is 14.8 Å². The van der Waals surface area contributed by atoms with Crippen LogP contribution in [0.4, 0.5) is 5.69 Å². The molecule has 0 spiro atoms. The second kappa shape index (κ2) is 8.32. The Morgan fingerprint density at radius 3 is 2.45 bits per heavy atom. The van der Waals surface area contributed by atoms with Gasteiger partial charge in [0.2, 0.25) is 0 Å². The lowest BCUT2D eigenvalue weighted by Crippen LogP contribution is -2.46. The molecule has 1 fully saturated rings. The fourth-order valence-electron chi connectivity index (χ4n) is 4.04. The molecule has 0 amide bonds. The van der Waals surface area contributed by atoms with Crippen molar-refractivity contribution in [3.05, 3.63) is 56.0 Å². The van der Waals surface area contributed by atoms with Crippen LogP contribution in [0.15, 0.2) is 33.9 Å². The molecular formula is C21H25ClN6O3. The summed E-state index contributed by atoms with van der Waals surface area (Å²) in [6, 6.07) is 7.81. The van der Waals surface area contributed by atoms with Gasteiger partial charge in [0.25, 0.3) is 5.56 Å². The first-order chi connectivity index (χ1) is 14.8. The first kappa shape index (κ1) is 21.3. The van der Waals surface area contributed by atoms with Crippen LogP contribution < -0.4 is 16.1 Å². The maximum Gasteiger partial charge on any atom is 0.332 e. The van der Waals surface area contributed by atoms with Crippen molar-refractivity contribution in [2.45, 2.75) is 20.0 Å². The Labute approximate surface area is 184 Å². The quantitative estimate of drug-likeness (QED) is 0.583. The van der Waals surface area contributed by atoms with Crippen molar-refractivity contribution in [2.75, 3.05) is 31.1 Å². The average Bonchev–Trinajstić information content (AvgIpc) is 3.08. The number of rotatable bonds is 5. The van der Waals surface area contributed by atoms with Gasteiger partial charge in [-0.25, -0.2) is 9.78 Å². The van der Waals surface area contributed by atoms with Gasteiger partial charge in [0.1, 0.15) is 11.6 Å². The van der Waals surface area contributed by atoms with Gasteiger partial charge in [-0.3, -0.25) is 23.6 Å². The highest BCUT2D eigenvalue weighted by Crippen LogP contribution is 2.21. The molecule has 1 aliphatic rings. The van der Waals surface area contributed by atoms with Crippen molar-refractivity contribution in [1.82, 2.24) is 23.6 Å². The first-order valence-electron chi connectivity index (χ1n) is 10.1. The topological polar surface area (TPSA) is 85.4 Å². The van der Waals surface area contributed by atoms with E-state index in [-0.39, 0.29) is 17.8 Å². The van der Waals surface area contributed by atoms with Gasteiger partial charge in [-0.1, -0.05) is 17.7 Å². The lowest BCUT2D eigenvalue weighted by atomic mass is 10.2. The molecule has 0 saturated carbocycles. The summed E-state index contributed by atoms with van der Waals surface area (Å²) in [5.41, 5.74) is 0.805. The monoisotopic (exact) mass is 444 g/mol. The SMILES string of the molecule is CC(=O)Cn1c(CN2CCN(c3cccc(Cl)c3)CC2)nc2c1c(=O)n(C)c(=O)n2C. The van der Waals surface area contributed by atoms with Gasteiger partial charge in [-0.2, -0.15) is 0 Å². The third-order valence-corrected chi connectivity index (χ3v) is 5.95. The van der Waals surface area contributed by atoms with Crippen LogP contribution >= 0.6 is 11.6 Å². The number of aromatic nitrogens is 4. The van der Waals surface area contributed by atoms with Crippen LogP contribution in [-0.4, -0.2) is 55.5 Å². The molecule has 0 bridgehead atoms. The first-order valence-corrected chi connectivity index (χ1v) is 10.5. The molecule has 1 saturated heterocycles. The molecule has 4 rings (SSSR count). The number of halogens is 1. The van der Waals surface area contributed by atoms with Gasteiger partial charge in [-0.15, -0.1) is 0 Å². The van der Waals surface area contributed by atoms with Crippen LogP contribution in [0.1, 0.15) is 12.7 Å². The van der Waals surface area contributed by atoms with E-state index in [0.29, 0.717) is 23.0 Å². The third-order valence-electron chi connectivity index (χ3n) is 5.72. The molecule has 10 heteroatoms. The predicted molar refractivity (Wildman–Crippen MR) is 120 cm³/mol. The number of hydrogen-bond acceptors (Lipinski definition) is 6. The number of fused-ring (bicyclic) bond motifs is 1. The number of Topliss-reactive ketones (excluding diaryl/α,β-unsaturated/α-hetero) is 1. The Bertz CT molecular complexity index is 1270. The van der Waals surface area contributed by atoms with Gasteiger partial charge < -0.3 is 9.47 Å². The molecule has 2 aromatic heterocycles. The van der Waals surface area contributed by atoms with E-state index >= 15 is 0 Å². The molecule has 0 radical (unpaired) electrons. The fourth-order valence-corrected chi connectivity index (χ4v) is 4.23. The van der Waals surface area contributed by atoms with Gasteiger partial charge in [0.15, 0.2) is 11.2 Å². The summed E-state index contributed by atoms with van der Waals surface area (Å²) in [4.78, 5) is 46.1. The number of carbonyl (C=O) groups excluding carboxylic acids is 1. The van der Waals surface area contributed by atoms with Crippen molar-refractivity contribution in [3.8, 4) is 0 Å². The van der Waals surface area contributed by atoms with Crippen molar-refractivity contribution in [3.63, 3.8) is 0 Å². The van der Waals surface area contributed by atoms with Crippen LogP contribution in [0.2, 0.25) is 5.02 Å². The predicted octanol–water partition coefficient (Wildman–Crippen LogP) is 0.998. The highest BCUT2D eigenvalue weighted by Gasteiger charge is 2.23. The smallest absolute Gasteiger partial charge is 0.332 e. The molecule has 1 aliphatic heterocycles. The number of carbonyl (C=O) groups is 1. The van der Waals surface area contributed by atoms with Gasteiger partial charge in [0, 0.05) is 51.0 Å². The number of hydrogen-bond donors (Lipinski definition) is 0. The van der Waals surface area contributed by atoms with E-state index in [1.54, 1.807) is 11.6 Å². The largest absolute Gasteiger partial charge is 0.369 e. The molecule has 3 heterocycles. The molecule has 0 N–H and O–H groups in total. The molecule has 0 atom stereocenters. The van der Waals surface area contributed by atoms with Crippen LogP contribution in [0, 0.1) is 0 Å². The summed E-state index contributed by atoms with van der Waals surface area (Å²) in [6.07, 6.45) is 0. The van der Waals surface area contributed by atoms with Gasteiger partial charge in [-0.05, 0) is 25.1 Å². The Morgan fingerprint density at radius 1 is 1.10 bits per heavy atom. The van der Waals surface area contributed by atoms with Crippen molar-refractivity contribution >= 4 is 34.2 Å². The summed E-state index contributed by atoms with van der Waals surface area (Å²) >= 11 is 6.12. The van der Waals surface area contributed by atoms with Gasteiger partial charge in [0.05, 0.1) is 13.1 Å². The summed E-state index contributed by atoms with van der Waals surface area (Å²) in [7, 11) is 3.02. The zero-order chi connectivity index (χ0) is 22.3. The van der Waals surface area contributed by atoms with E-state index in [9.17, 15) is 14.4 Å². The normalized spacial score (nSPS) is 15.0. The van der Waals surface area contributed by atoms with E-state index in [0.717, 1.165) is 36.4 Å². The molecular weight excluding hydrogens is 420 g/mol. The lowest BCUT2D eigenvalue weighted by Gasteiger charge is -2.36. The van der Waals surface area contributed by atoms with Crippen LogP contribution in [0.5, 0.6) is 0 Å². The summed E-state index contributed by atoms with van der Waals surface area (Å²) < 4.78 is 4.06. The van der Waals surface area contributed by atoms with E-state index in [1.807, 2.05) is 24.3 Å². The van der Waals surface area contributed by atoms with Crippen LogP contribution in [0.25, 0.3) is 11.2 Å². The summed E-state index contributed by atoms with van der Waals surface area (Å²) in [5.74, 6) is 0.530. The maximum absolute atomic E-state index is 12.8. The number of aryl methyl sites for hydroxylation is 1. The number of benzene rings is 1. The molecule has 1 aromatic carbocycles. The molecule has 31 heavy (non-hydrogen) atoms. The number of ketones is 1. The minimum Gasteiger partial charge on any atom is -0.369 e. The Morgan fingerprint density at radius 2 is 1.81 bits per heavy atom. The maximum atomic E-state index is 12.8. The highest BCUT2D eigenvalue weighted by molar-refractivity contribution is 6.30. The van der Waals surface area contributed by atoms with E-state index < -0.39 is 11.2 Å². The molecule has 0 aliphatic carbocycles.